The van der Waals surface area contributed by atoms with Crippen LogP contribution in [0, 0.1) is 11.6 Å². The molecule has 0 saturated heterocycles. The molecule has 0 aromatic heterocycles. The van der Waals surface area contributed by atoms with E-state index in [9.17, 15) is 18.4 Å². The van der Waals surface area contributed by atoms with Crippen molar-refractivity contribution in [3.8, 4) is 0 Å². The lowest BCUT2D eigenvalue weighted by Crippen LogP contribution is -2.35. The Morgan fingerprint density at radius 2 is 1.90 bits per heavy atom. The van der Waals surface area contributed by atoms with Gasteiger partial charge in [0, 0.05) is 6.54 Å². The fourth-order valence-electron chi connectivity index (χ4n) is 1.60. The van der Waals surface area contributed by atoms with Crippen LogP contribution in [0.25, 0.3) is 0 Å². The van der Waals surface area contributed by atoms with Gasteiger partial charge in [-0.2, -0.15) is 0 Å². The van der Waals surface area contributed by atoms with Crippen LogP contribution in [0.1, 0.15) is 13.3 Å². The number of carbonyl (C=O) groups excluding carboxylic acids is 1. The van der Waals surface area contributed by atoms with Crippen molar-refractivity contribution in [2.45, 2.75) is 13.3 Å². The normalized spacial score (nSPS) is 10.6. The third-order valence-electron chi connectivity index (χ3n) is 2.68. The molecule has 110 valence electrons. The van der Waals surface area contributed by atoms with Crippen molar-refractivity contribution in [2.75, 3.05) is 25.0 Å². The molecule has 1 rings (SSSR count). The first-order chi connectivity index (χ1) is 9.43. The Kier molecular flexibility index (Phi) is 6.05. The highest BCUT2D eigenvalue weighted by molar-refractivity contribution is 5.92. The molecule has 0 bridgehead atoms. The lowest BCUT2D eigenvalue weighted by Gasteiger charge is -2.18. The highest BCUT2D eigenvalue weighted by Crippen LogP contribution is 2.17. The second-order valence-corrected chi connectivity index (χ2v) is 4.16. The Hall–Kier alpha value is -2.02. The number of para-hydroxylation sites is 1. The molecule has 0 aliphatic heterocycles. The van der Waals surface area contributed by atoms with E-state index in [4.69, 9.17) is 5.11 Å². The average molecular weight is 286 g/mol. The zero-order valence-corrected chi connectivity index (χ0v) is 11.0. The van der Waals surface area contributed by atoms with Crippen LogP contribution in [-0.2, 0) is 9.59 Å². The lowest BCUT2D eigenvalue weighted by molar-refractivity contribution is -0.137. The molecule has 0 fully saturated rings. The van der Waals surface area contributed by atoms with Gasteiger partial charge in [-0.05, 0) is 18.7 Å². The minimum Gasteiger partial charge on any atom is -0.481 e. The maximum Gasteiger partial charge on any atom is 0.304 e. The van der Waals surface area contributed by atoms with E-state index in [2.05, 4.69) is 5.32 Å². The van der Waals surface area contributed by atoms with Crippen LogP contribution < -0.4 is 5.32 Å². The summed E-state index contributed by atoms with van der Waals surface area (Å²) in [6.07, 6.45) is -0.102. The first-order valence-electron chi connectivity index (χ1n) is 6.12. The first-order valence-corrected chi connectivity index (χ1v) is 6.12. The van der Waals surface area contributed by atoms with E-state index in [1.807, 2.05) is 0 Å². The molecule has 1 aromatic carbocycles. The van der Waals surface area contributed by atoms with Gasteiger partial charge in [-0.15, -0.1) is 0 Å². The summed E-state index contributed by atoms with van der Waals surface area (Å²) in [7, 11) is 0. The molecule has 0 spiro atoms. The molecule has 0 saturated carbocycles. The molecule has 5 nitrogen and oxygen atoms in total. The topological polar surface area (TPSA) is 69.6 Å². The van der Waals surface area contributed by atoms with Crippen molar-refractivity contribution in [2.24, 2.45) is 0 Å². The summed E-state index contributed by atoms with van der Waals surface area (Å²) in [5.74, 6) is -3.27. The number of nitrogens with zero attached hydrogens (tertiary/aromatic N) is 1. The number of nitrogens with one attached hydrogen (secondary N) is 1. The zero-order chi connectivity index (χ0) is 15.1. The molecule has 20 heavy (non-hydrogen) atoms. The standard InChI is InChI=1S/C13H16F2N2O3/c1-2-17(7-6-12(19)20)8-11(18)16-13-9(14)4-3-5-10(13)15/h3-5H,2,6-8H2,1H3,(H,16,18)(H,19,20). The number of benzene rings is 1. The zero-order valence-electron chi connectivity index (χ0n) is 11.0. The number of anilines is 1. The van der Waals surface area contributed by atoms with E-state index in [-0.39, 0.29) is 19.5 Å². The number of hydrogen-bond donors (Lipinski definition) is 2. The van der Waals surface area contributed by atoms with Gasteiger partial charge in [-0.1, -0.05) is 13.0 Å². The number of likely N-dealkylation sites (N-methyl/N-ethyl adjacent to an activating group) is 1. The number of carboxylic acids is 1. The number of aliphatic carboxylic acids is 1. The molecule has 1 amide bonds. The highest BCUT2D eigenvalue weighted by atomic mass is 19.1. The number of rotatable bonds is 7. The van der Waals surface area contributed by atoms with E-state index in [1.165, 1.54) is 6.07 Å². The van der Waals surface area contributed by atoms with Crippen molar-refractivity contribution < 1.29 is 23.5 Å². The Morgan fingerprint density at radius 3 is 2.40 bits per heavy atom. The van der Waals surface area contributed by atoms with E-state index in [0.29, 0.717) is 6.54 Å². The monoisotopic (exact) mass is 286 g/mol. The van der Waals surface area contributed by atoms with E-state index < -0.39 is 29.2 Å². The highest BCUT2D eigenvalue weighted by Gasteiger charge is 2.14. The fourth-order valence-corrected chi connectivity index (χ4v) is 1.60. The van der Waals surface area contributed by atoms with Gasteiger partial charge in [0.25, 0.3) is 0 Å². The van der Waals surface area contributed by atoms with Crippen LogP contribution in [-0.4, -0.2) is 41.5 Å². The quantitative estimate of drug-likeness (QED) is 0.800. The molecule has 7 heteroatoms. The van der Waals surface area contributed by atoms with Gasteiger partial charge in [0.15, 0.2) is 0 Å². The van der Waals surface area contributed by atoms with Crippen LogP contribution in [0.15, 0.2) is 18.2 Å². The Bertz CT molecular complexity index is 474. The summed E-state index contributed by atoms with van der Waals surface area (Å²) in [6.45, 7) is 2.29. The van der Waals surface area contributed by atoms with Gasteiger partial charge < -0.3 is 10.4 Å². The minimum absolute atomic E-state index is 0.102. The molecular formula is C13H16F2N2O3. The predicted molar refractivity (Wildman–Crippen MR) is 69.4 cm³/mol. The summed E-state index contributed by atoms with van der Waals surface area (Å²) in [5.41, 5.74) is -0.494. The SMILES string of the molecule is CCN(CCC(=O)O)CC(=O)Nc1c(F)cccc1F. The van der Waals surface area contributed by atoms with Gasteiger partial charge in [0.2, 0.25) is 5.91 Å². The van der Waals surface area contributed by atoms with Crippen LogP contribution in [0.3, 0.4) is 0 Å². The Labute approximate surface area is 115 Å². The van der Waals surface area contributed by atoms with Crippen LogP contribution in [0.2, 0.25) is 0 Å². The van der Waals surface area contributed by atoms with Crippen molar-refractivity contribution in [1.82, 2.24) is 4.90 Å². The van der Waals surface area contributed by atoms with E-state index in [1.54, 1.807) is 11.8 Å². The summed E-state index contributed by atoms with van der Waals surface area (Å²) >= 11 is 0. The second kappa shape index (κ2) is 7.54. The van der Waals surface area contributed by atoms with Crippen LogP contribution in [0.4, 0.5) is 14.5 Å². The third kappa shape index (κ3) is 4.93. The Morgan fingerprint density at radius 1 is 1.30 bits per heavy atom. The smallest absolute Gasteiger partial charge is 0.304 e. The molecule has 0 unspecified atom stereocenters. The Balaban J connectivity index is 2.60. The summed E-state index contributed by atoms with van der Waals surface area (Å²) in [5, 5.41) is 10.7. The number of amides is 1. The second-order valence-electron chi connectivity index (χ2n) is 4.16. The fraction of sp³-hybridized carbons (Fsp3) is 0.385. The molecular weight excluding hydrogens is 270 g/mol. The molecule has 0 radical (unpaired) electrons. The van der Waals surface area contributed by atoms with Crippen LogP contribution in [0.5, 0.6) is 0 Å². The van der Waals surface area contributed by atoms with Gasteiger partial charge >= 0.3 is 5.97 Å². The summed E-state index contributed by atoms with van der Waals surface area (Å²) in [6, 6.07) is 3.28. The van der Waals surface area contributed by atoms with Crippen molar-refractivity contribution >= 4 is 17.6 Å². The predicted octanol–water partition coefficient (Wildman–Crippen LogP) is 1.70. The van der Waals surface area contributed by atoms with Crippen LogP contribution >= 0.6 is 0 Å². The average Bonchev–Trinajstić information content (AvgIpc) is 2.38. The van der Waals surface area contributed by atoms with Gasteiger partial charge in [0.1, 0.15) is 17.3 Å². The number of hydrogen-bond acceptors (Lipinski definition) is 3. The third-order valence-corrected chi connectivity index (χ3v) is 2.68. The molecule has 0 aliphatic carbocycles. The van der Waals surface area contributed by atoms with Gasteiger partial charge in [-0.3, -0.25) is 14.5 Å². The lowest BCUT2D eigenvalue weighted by atomic mass is 10.3. The van der Waals surface area contributed by atoms with Crippen molar-refractivity contribution in [3.63, 3.8) is 0 Å². The maximum absolute atomic E-state index is 13.3. The van der Waals surface area contributed by atoms with Crippen molar-refractivity contribution in [1.29, 1.82) is 0 Å². The van der Waals surface area contributed by atoms with E-state index >= 15 is 0 Å². The van der Waals surface area contributed by atoms with Gasteiger partial charge in [-0.25, -0.2) is 8.78 Å². The molecule has 0 heterocycles. The maximum atomic E-state index is 13.3. The van der Waals surface area contributed by atoms with E-state index in [0.717, 1.165) is 12.1 Å². The van der Waals surface area contributed by atoms with Crippen molar-refractivity contribution in [3.05, 3.63) is 29.8 Å². The molecule has 0 aliphatic rings. The molecule has 2 N–H and O–H groups in total. The molecule has 1 aromatic rings. The summed E-state index contributed by atoms with van der Waals surface area (Å²) in [4.78, 5) is 23.7. The number of halogens is 2. The first kappa shape index (κ1) is 16.0. The molecule has 0 atom stereocenters. The number of carbonyl (C=O) groups is 2. The number of carboxylic acid groups (broad SMARTS) is 1. The largest absolute Gasteiger partial charge is 0.481 e. The minimum atomic E-state index is -0.969. The summed E-state index contributed by atoms with van der Waals surface area (Å²) < 4.78 is 26.7. The van der Waals surface area contributed by atoms with Gasteiger partial charge in [0.05, 0.1) is 13.0 Å².